The number of hydrogen-bond donors (Lipinski definition) is 3. The molecule has 0 bridgehead atoms. The predicted molar refractivity (Wildman–Crippen MR) is 123 cm³/mol. The van der Waals surface area contributed by atoms with E-state index in [1.807, 2.05) is 18.2 Å². The summed E-state index contributed by atoms with van der Waals surface area (Å²) in [7, 11) is 3.35. The molecule has 9 heteroatoms. The number of anilines is 2. The summed E-state index contributed by atoms with van der Waals surface area (Å²) in [5, 5.41) is 8.13. The van der Waals surface area contributed by atoms with E-state index in [0.717, 1.165) is 0 Å². The number of likely N-dealkylation sites (N-methyl/N-ethyl adjacent to an activating group) is 1. The van der Waals surface area contributed by atoms with Crippen LogP contribution in [0.15, 0.2) is 48.5 Å². The largest absolute Gasteiger partial charge is 0.490 e. The summed E-state index contributed by atoms with van der Waals surface area (Å²) in [5.74, 6) is 0.146. The Bertz CT molecular complexity index is 1030. The quantitative estimate of drug-likeness (QED) is 0.661. The third-order valence-corrected chi connectivity index (χ3v) is 5.99. The Balaban J connectivity index is 1.47. The Morgan fingerprint density at radius 3 is 2.58 bits per heavy atom. The lowest BCUT2D eigenvalue weighted by molar-refractivity contribution is -0.133. The molecule has 0 aliphatic carbocycles. The van der Waals surface area contributed by atoms with Crippen molar-refractivity contribution in [2.24, 2.45) is 0 Å². The number of hydrogen-bond acceptors (Lipinski definition) is 5. The van der Waals surface area contributed by atoms with Gasteiger partial charge in [-0.25, -0.2) is 4.79 Å². The maximum Gasteiger partial charge on any atom is 0.323 e. The second-order valence-electron chi connectivity index (χ2n) is 8.20. The van der Waals surface area contributed by atoms with Gasteiger partial charge in [0.2, 0.25) is 5.91 Å². The van der Waals surface area contributed by atoms with Crippen LogP contribution < -0.4 is 20.7 Å². The molecule has 0 unspecified atom stereocenters. The van der Waals surface area contributed by atoms with Gasteiger partial charge in [-0.05, 0) is 43.2 Å². The molecular weight excluding hydrogens is 424 g/mol. The summed E-state index contributed by atoms with van der Waals surface area (Å²) in [4.78, 5) is 39.0. The standard InChI is InChI=1S/C24H28N4O5/c1-25-22(29)13-17-9-10-19-21(33-17)14-32-20-11-8-16(12-18(20)23(30)28(19)2)27-24(31)26-15-6-4-3-5-7-15/h3-8,11-12,17,19,21H,9-10,13-14H2,1-2H3,(H,25,29)(H2,26,27,31)/t17-,19+,21-/m0/s1. The van der Waals surface area contributed by atoms with Crippen LogP contribution in [0.5, 0.6) is 5.75 Å². The number of nitrogens with one attached hydrogen (secondary N) is 3. The normalized spacial score (nSPS) is 22.1. The summed E-state index contributed by atoms with van der Waals surface area (Å²) in [6.07, 6.45) is 1.15. The molecule has 33 heavy (non-hydrogen) atoms. The number of fused-ring (bicyclic) bond motifs is 2. The zero-order valence-corrected chi connectivity index (χ0v) is 18.7. The number of rotatable bonds is 4. The SMILES string of the molecule is CNC(=O)C[C@@H]1CC[C@@H]2[C@H](COc3ccc(NC(=O)Nc4ccccc4)cc3C(=O)N2C)O1. The number of benzene rings is 2. The van der Waals surface area contributed by atoms with Crippen LogP contribution in [0.4, 0.5) is 16.2 Å². The van der Waals surface area contributed by atoms with Crippen molar-refractivity contribution in [2.45, 2.75) is 37.5 Å². The Morgan fingerprint density at radius 1 is 1.06 bits per heavy atom. The topological polar surface area (TPSA) is 109 Å². The molecule has 1 saturated heterocycles. The van der Waals surface area contributed by atoms with Crippen molar-refractivity contribution < 1.29 is 23.9 Å². The van der Waals surface area contributed by atoms with E-state index in [1.165, 1.54) is 0 Å². The third-order valence-electron chi connectivity index (χ3n) is 5.99. The van der Waals surface area contributed by atoms with Crippen molar-refractivity contribution in [1.29, 1.82) is 0 Å². The van der Waals surface area contributed by atoms with E-state index in [9.17, 15) is 14.4 Å². The van der Waals surface area contributed by atoms with E-state index in [-0.39, 0.29) is 43.1 Å². The summed E-state index contributed by atoms with van der Waals surface area (Å²) >= 11 is 0. The monoisotopic (exact) mass is 452 g/mol. The molecule has 2 aliphatic rings. The van der Waals surface area contributed by atoms with Gasteiger partial charge in [-0.1, -0.05) is 18.2 Å². The molecule has 4 rings (SSSR count). The number of ether oxygens (including phenoxy) is 2. The molecule has 3 atom stereocenters. The molecule has 2 heterocycles. The molecule has 0 radical (unpaired) electrons. The van der Waals surface area contributed by atoms with Crippen LogP contribution in [0.1, 0.15) is 29.6 Å². The fourth-order valence-corrected chi connectivity index (χ4v) is 4.23. The van der Waals surface area contributed by atoms with Crippen LogP contribution in [-0.2, 0) is 9.53 Å². The van der Waals surface area contributed by atoms with Crippen LogP contribution in [0, 0.1) is 0 Å². The molecule has 9 nitrogen and oxygen atoms in total. The first kappa shape index (κ1) is 22.6. The van der Waals surface area contributed by atoms with Gasteiger partial charge in [-0.2, -0.15) is 0 Å². The molecule has 174 valence electrons. The Hall–Kier alpha value is -3.59. The summed E-state index contributed by atoms with van der Waals surface area (Å²) in [6, 6.07) is 13.5. The molecule has 1 fully saturated rings. The van der Waals surface area contributed by atoms with Gasteiger partial charge in [0.1, 0.15) is 18.5 Å². The molecule has 3 N–H and O–H groups in total. The van der Waals surface area contributed by atoms with Crippen LogP contribution >= 0.6 is 0 Å². The first-order valence-corrected chi connectivity index (χ1v) is 11.0. The molecular formula is C24H28N4O5. The van der Waals surface area contributed by atoms with E-state index >= 15 is 0 Å². The van der Waals surface area contributed by atoms with Crippen molar-refractivity contribution in [3.63, 3.8) is 0 Å². The van der Waals surface area contributed by atoms with Crippen LogP contribution in [0.25, 0.3) is 0 Å². The maximum absolute atomic E-state index is 13.3. The number of urea groups is 1. The number of nitrogens with zero attached hydrogens (tertiary/aromatic N) is 1. The van der Waals surface area contributed by atoms with Crippen molar-refractivity contribution in [3.05, 3.63) is 54.1 Å². The van der Waals surface area contributed by atoms with Crippen molar-refractivity contribution in [2.75, 3.05) is 31.3 Å². The smallest absolute Gasteiger partial charge is 0.323 e. The van der Waals surface area contributed by atoms with Gasteiger partial charge in [0.25, 0.3) is 5.91 Å². The number of carbonyl (C=O) groups is 3. The van der Waals surface area contributed by atoms with E-state index in [2.05, 4.69) is 16.0 Å². The van der Waals surface area contributed by atoms with E-state index < -0.39 is 6.03 Å². The lowest BCUT2D eigenvalue weighted by Gasteiger charge is -2.42. The average molecular weight is 453 g/mol. The van der Waals surface area contributed by atoms with Gasteiger partial charge in [-0.3, -0.25) is 9.59 Å². The fourth-order valence-electron chi connectivity index (χ4n) is 4.23. The van der Waals surface area contributed by atoms with Crippen LogP contribution in [0.3, 0.4) is 0 Å². The van der Waals surface area contributed by atoms with E-state index in [0.29, 0.717) is 35.5 Å². The number of carbonyl (C=O) groups excluding carboxylic acids is 3. The lowest BCUT2D eigenvalue weighted by atomic mass is 9.94. The zero-order chi connectivity index (χ0) is 23.4. The summed E-state index contributed by atoms with van der Waals surface area (Å²) < 4.78 is 12.1. The van der Waals surface area contributed by atoms with Crippen molar-refractivity contribution in [3.8, 4) is 5.75 Å². The molecule has 0 saturated carbocycles. The maximum atomic E-state index is 13.3. The van der Waals surface area contributed by atoms with Gasteiger partial charge in [0, 0.05) is 25.5 Å². The highest BCUT2D eigenvalue weighted by molar-refractivity contribution is 6.02. The second kappa shape index (κ2) is 9.91. The predicted octanol–water partition coefficient (Wildman–Crippen LogP) is 2.85. The third kappa shape index (κ3) is 5.25. The summed E-state index contributed by atoms with van der Waals surface area (Å²) in [5.41, 5.74) is 1.52. The van der Waals surface area contributed by atoms with Crippen LogP contribution in [-0.4, -0.2) is 61.7 Å². The van der Waals surface area contributed by atoms with Crippen LogP contribution in [0.2, 0.25) is 0 Å². The Morgan fingerprint density at radius 2 is 1.82 bits per heavy atom. The van der Waals surface area contributed by atoms with Gasteiger partial charge in [-0.15, -0.1) is 0 Å². The molecule has 2 aliphatic heterocycles. The minimum atomic E-state index is -0.406. The molecule has 0 spiro atoms. The molecule has 0 aromatic heterocycles. The first-order valence-electron chi connectivity index (χ1n) is 11.0. The highest BCUT2D eigenvalue weighted by Crippen LogP contribution is 2.32. The number of amides is 4. The Labute approximate surface area is 192 Å². The Kier molecular flexibility index (Phi) is 6.79. The average Bonchev–Trinajstić information content (AvgIpc) is 2.82. The molecule has 2 aromatic carbocycles. The lowest BCUT2D eigenvalue weighted by Crippen LogP contribution is -2.53. The highest BCUT2D eigenvalue weighted by atomic mass is 16.5. The molecule has 2 aromatic rings. The minimum Gasteiger partial charge on any atom is -0.490 e. The highest BCUT2D eigenvalue weighted by Gasteiger charge is 2.39. The van der Waals surface area contributed by atoms with E-state index in [4.69, 9.17) is 9.47 Å². The first-order chi connectivity index (χ1) is 15.9. The van der Waals surface area contributed by atoms with Gasteiger partial charge in [0.15, 0.2) is 0 Å². The summed E-state index contributed by atoms with van der Waals surface area (Å²) in [6.45, 7) is 0.265. The number of para-hydroxylation sites is 1. The van der Waals surface area contributed by atoms with Crippen molar-refractivity contribution >= 4 is 29.2 Å². The second-order valence-corrected chi connectivity index (χ2v) is 8.20. The van der Waals surface area contributed by atoms with Crippen molar-refractivity contribution in [1.82, 2.24) is 10.2 Å². The molecule has 4 amide bonds. The fraction of sp³-hybridized carbons (Fsp3) is 0.375. The van der Waals surface area contributed by atoms with Gasteiger partial charge >= 0.3 is 6.03 Å². The zero-order valence-electron chi connectivity index (χ0n) is 18.7. The van der Waals surface area contributed by atoms with E-state index in [1.54, 1.807) is 49.3 Å². The minimum absolute atomic E-state index is 0.0729. The van der Waals surface area contributed by atoms with Gasteiger partial charge < -0.3 is 30.3 Å². The van der Waals surface area contributed by atoms with Gasteiger partial charge in [0.05, 0.1) is 24.1 Å².